The second kappa shape index (κ2) is 6.93. The van der Waals surface area contributed by atoms with Crippen molar-refractivity contribution in [1.29, 1.82) is 0 Å². The quantitative estimate of drug-likeness (QED) is 0.797. The molecule has 2 aromatic rings. The Kier molecular flexibility index (Phi) is 4.93. The fraction of sp³-hybridized carbons (Fsp3) is 0.368. The van der Waals surface area contributed by atoms with E-state index in [0.29, 0.717) is 6.04 Å². The van der Waals surface area contributed by atoms with E-state index in [-0.39, 0.29) is 0 Å². The van der Waals surface area contributed by atoms with E-state index < -0.39 is 0 Å². The molecular weight excluding hydrogens is 354 g/mol. The Balaban J connectivity index is 1.96. The minimum atomic E-state index is 0.361. The molecule has 3 rings (SSSR count). The molecule has 0 N–H and O–H groups in total. The zero-order valence-corrected chi connectivity index (χ0v) is 15.4. The Hall–Kier alpha value is -1.52. The zero-order valence-electron chi connectivity index (χ0n) is 13.8. The van der Waals surface area contributed by atoms with Gasteiger partial charge in [-0.25, -0.2) is 0 Å². The van der Waals surface area contributed by atoms with Crippen molar-refractivity contribution in [1.82, 2.24) is 4.90 Å². The molecule has 1 heterocycles. The number of hydrogen-bond acceptors (Lipinski definition) is 3. The highest BCUT2D eigenvalue weighted by atomic mass is 79.9. The normalized spacial score (nSPS) is 17.7. The lowest BCUT2D eigenvalue weighted by atomic mass is 9.88. The average molecular weight is 376 g/mol. The van der Waals surface area contributed by atoms with Gasteiger partial charge in [-0.15, -0.1) is 0 Å². The summed E-state index contributed by atoms with van der Waals surface area (Å²) in [6, 6.07) is 13.2. The molecule has 0 amide bonds. The molecule has 1 aliphatic heterocycles. The fourth-order valence-corrected chi connectivity index (χ4v) is 3.53. The molecule has 0 spiro atoms. The van der Waals surface area contributed by atoms with Gasteiger partial charge in [0, 0.05) is 17.1 Å². The molecule has 0 bridgehead atoms. The van der Waals surface area contributed by atoms with Crippen molar-refractivity contribution in [3.8, 4) is 11.5 Å². The highest BCUT2D eigenvalue weighted by Gasteiger charge is 2.26. The summed E-state index contributed by atoms with van der Waals surface area (Å²) in [5.74, 6) is 1.63. The largest absolute Gasteiger partial charge is 0.493 e. The van der Waals surface area contributed by atoms with Crippen LogP contribution in [-0.4, -0.2) is 32.7 Å². The summed E-state index contributed by atoms with van der Waals surface area (Å²) in [6.45, 7) is 1.06. The van der Waals surface area contributed by atoms with E-state index in [2.05, 4.69) is 64.3 Å². The maximum absolute atomic E-state index is 5.50. The van der Waals surface area contributed by atoms with E-state index in [4.69, 9.17) is 9.47 Å². The van der Waals surface area contributed by atoms with Gasteiger partial charge in [0.1, 0.15) is 0 Å². The molecule has 0 radical (unpaired) electrons. The highest BCUT2D eigenvalue weighted by molar-refractivity contribution is 9.10. The van der Waals surface area contributed by atoms with Crippen LogP contribution in [0.5, 0.6) is 11.5 Å². The van der Waals surface area contributed by atoms with Gasteiger partial charge in [0.05, 0.1) is 14.2 Å². The second-order valence-electron chi connectivity index (χ2n) is 5.98. The van der Waals surface area contributed by atoms with E-state index in [0.717, 1.165) is 35.4 Å². The van der Waals surface area contributed by atoms with Gasteiger partial charge in [-0.1, -0.05) is 28.1 Å². The molecule has 0 aliphatic carbocycles. The van der Waals surface area contributed by atoms with Gasteiger partial charge in [0.15, 0.2) is 11.5 Å². The zero-order chi connectivity index (χ0) is 16.4. The predicted octanol–water partition coefficient (Wildman–Crippen LogP) is 4.24. The summed E-state index contributed by atoms with van der Waals surface area (Å²) >= 11 is 3.50. The van der Waals surface area contributed by atoms with Gasteiger partial charge in [0.2, 0.25) is 0 Å². The Bertz CT molecular complexity index is 685. The third-order valence-electron chi connectivity index (χ3n) is 4.61. The fourth-order valence-electron chi connectivity index (χ4n) is 3.26. The first-order valence-electron chi connectivity index (χ1n) is 7.82. The standard InChI is InChI=1S/C19H22BrNO2/c1-21-9-8-14-11-18(22-2)19(23-3)12-16(14)17(21)10-13-4-6-15(20)7-5-13/h4-7,11-12,17H,8-10H2,1-3H3. The monoisotopic (exact) mass is 375 g/mol. The van der Waals surface area contributed by atoms with Crippen LogP contribution in [0.25, 0.3) is 0 Å². The number of fused-ring (bicyclic) bond motifs is 1. The number of halogens is 1. The summed E-state index contributed by atoms with van der Waals surface area (Å²) < 4.78 is 12.1. The lowest BCUT2D eigenvalue weighted by Crippen LogP contribution is -2.33. The van der Waals surface area contributed by atoms with Crippen molar-refractivity contribution in [3.05, 3.63) is 57.6 Å². The molecule has 23 heavy (non-hydrogen) atoms. The number of likely N-dealkylation sites (N-methyl/N-ethyl adjacent to an activating group) is 1. The predicted molar refractivity (Wildman–Crippen MR) is 96.5 cm³/mol. The summed E-state index contributed by atoms with van der Waals surface area (Å²) in [4.78, 5) is 2.43. The van der Waals surface area contributed by atoms with Crippen LogP contribution in [0.3, 0.4) is 0 Å². The van der Waals surface area contributed by atoms with Gasteiger partial charge in [-0.2, -0.15) is 0 Å². The molecule has 2 aromatic carbocycles. The van der Waals surface area contributed by atoms with Gasteiger partial charge in [-0.05, 0) is 60.8 Å². The van der Waals surface area contributed by atoms with Crippen molar-refractivity contribution in [2.75, 3.05) is 27.8 Å². The first kappa shape index (κ1) is 16.3. The maximum atomic E-state index is 5.50. The van der Waals surface area contributed by atoms with Crippen LogP contribution in [0.2, 0.25) is 0 Å². The van der Waals surface area contributed by atoms with Crippen LogP contribution in [-0.2, 0) is 12.8 Å². The number of hydrogen-bond donors (Lipinski definition) is 0. The van der Waals surface area contributed by atoms with Gasteiger partial charge in [-0.3, -0.25) is 4.90 Å². The van der Waals surface area contributed by atoms with Gasteiger partial charge >= 0.3 is 0 Å². The van der Waals surface area contributed by atoms with Crippen molar-refractivity contribution in [2.45, 2.75) is 18.9 Å². The number of rotatable bonds is 4. The van der Waals surface area contributed by atoms with Crippen LogP contribution in [0.1, 0.15) is 22.7 Å². The molecule has 1 aliphatic rings. The SMILES string of the molecule is COc1cc2c(cc1OC)C(Cc1ccc(Br)cc1)N(C)CC2. The van der Waals surface area contributed by atoms with Crippen LogP contribution < -0.4 is 9.47 Å². The number of ether oxygens (including phenoxy) is 2. The number of benzene rings is 2. The minimum Gasteiger partial charge on any atom is -0.493 e. The summed E-state index contributed by atoms with van der Waals surface area (Å²) in [7, 11) is 5.59. The number of methoxy groups -OCH3 is 2. The van der Waals surface area contributed by atoms with E-state index in [1.165, 1.54) is 16.7 Å². The minimum absolute atomic E-state index is 0.361. The number of nitrogens with zero attached hydrogens (tertiary/aromatic N) is 1. The highest BCUT2D eigenvalue weighted by Crippen LogP contribution is 2.38. The van der Waals surface area contributed by atoms with Crippen LogP contribution in [0, 0.1) is 0 Å². The molecule has 0 fully saturated rings. The molecule has 0 saturated heterocycles. The first-order valence-corrected chi connectivity index (χ1v) is 8.61. The van der Waals surface area contributed by atoms with E-state index in [1.807, 2.05) is 0 Å². The van der Waals surface area contributed by atoms with E-state index in [1.54, 1.807) is 14.2 Å². The maximum Gasteiger partial charge on any atom is 0.161 e. The molecule has 4 heteroatoms. The van der Waals surface area contributed by atoms with Crippen LogP contribution >= 0.6 is 15.9 Å². The topological polar surface area (TPSA) is 21.7 Å². The van der Waals surface area contributed by atoms with Crippen molar-refractivity contribution < 1.29 is 9.47 Å². The second-order valence-corrected chi connectivity index (χ2v) is 6.90. The Labute approximate surface area is 146 Å². The molecular formula is C19H22BrNO2. The Morgan fingerprint density at radius 2 is 1.74 bits per heavy atom. The molecule has 0 aromatic heterocycles. The molecule has 1 atom stereocenters. The lowest BCUT2D eigenvalue weighted by molar-refractivity contribution is 0.228. The average Bonchev–Trinajstić information content (AvgIpc) is 2.58. The summed E-state index contributed by atoms with van der Waals surface area (Å²) in [5.41, 5.74) is 4.05. The van der Waals surface area contributed by atoms with Gasteiger partial charge < -0.3 is 9.47 Å². The van der Waals surface area contributed by atoms with Crippen molar-refractivity contribution >= 4 is 15.9 Å². The molecule has 0 saturated carbocycles. The van der Waals surface area contributed by atoms with Gasteiger partial charge in [0.25, 0.3) is 0 Å². The lowest BCUT2D eigenvalue weighted by Gasteiger charge is -2.35. The van der Waals surface area contributed by atoms with E-state index >= 15 is 0 Å². The molecule has 3 nitrogen and oxygen atoms in total. The van der Waals surface area contributed by atoms with Crippen LogP contribution in [0.15, 0.2) is 40.9 Å². The van der Waals surface area contributed by atoms with E-state index in [9.17, 15) is 0 Å². The van der Waals surface area contributed by atoms with Crippen molar-refractivity contribution in [3.63, 3.8) is 0 Å². The van der Waals surface area contributed by atoms with Crippen LogP contribution in [0.4, 0.5) is 0 Å². The third-order valence-corrected chi connectivity index (χ3v) is 5.14. The Morgan fingerprint density at radius 1 is 1.09 bits per heavy atom. The third kappa shape index (κ3) is 3.38. The summed E-state index contributed by atoms with van der Waals surface area (Å²) in [6.07, 6.45) is 2.04. The molecule has 1 unspecified atom stereocenters. The summed E-state index contributed by atoms with van der Waals surface area (Å²) in [5, 5.41) is 0. The smallest absolute Gasteiger partial charge is 0.161 e. The van der Waals surface area contributed by atoms with Crippen molar-refractivity contribution in [2.24, 2.45) is 0 Å². The first-order chi connectivity index (χ1) is 11.1. The Morgan fingerprint density at radius 3 is 2.39 bits per heavy atom. The molecule has 122 valence electrons.